The molecule has 20 heavy (non-hydrogen) atoms. The number of carboxylic acids is 1. The van der Waals surface area contributed by atoms with Crippen molar-refractivity contribution in [2.75, 3.05) is 13.7 Å². The summed E-state index contributed by atoms with van der Waals surface area (Å²) >= 11 is 0. The molecule has 0 amide bonds. The van der Waals surface area contributed by atoms with Crippen LogP contribution >= 0.6 is 0 Å². The Balaban J connectivity index is 3.03. The number of rotatable bonds is 8. The number of allylic oxidation sites excluding steroid dienone is 3. The van der Waals surface area contributed by atoms with E-state index < -0.39 is 11.4 Å². The molecular formula is C17H28O3. The van der Waals surface area contributed by atoms with Gasteiger partial charge in [-0.25, -0.2) is 0 Å². The van der Waals surface area contributed by atoms with Gasteiger partial charge in [-0.1, -0.05) is 51.0 Å². The molecule has 2 atom stereocenters. The summed E-state index contributed by atoms with van der Waals surface area (Å²) in [5.41, 5.74) is 0.472. The fourth-order valence-electron chi connectivity index (χ4n) is 3.03. The standard InChI is InChI=1S/C17H28O3/c1-5-6-7-14-8-10-17(13(2)3,16(18)19)15(12-14)9-11-20-4/h8,10,12-13,15H,5-7,9,11H2,1-4H3,(H,18,19). The van der Waals surface area contributed by atoms with Crippen LogP contribution in [0.2, 0.25) is 0 Å². The molecule has 0 aromatic carbocycles. The molecule has 3 heteroatoms. The summed E-state index contributed by atoms with van der Waals surface area (Å²) in [5, 5.41) is 9.77. The van der Waals surface area contributed by atoms with Gasteiger partial charge >= 0.3 is 5.97 Å². The average molecular weight is 280 g/mol. The summed E-state index contributed by atoms with van der Waals surface area (Å²) in [5.74, 6) is -0.658. The van der Waals surface area contributed by atoms with Crippen LogP contribution in [0.1, 0.15) is 46.5 Å². The van der Waals surface area contributed by atoms with Crippen molar-refractivity contribution >= 4 is 5.97 Å². The van der Waals surface area contributed by atoms with Gasteiger partial charge in [0.25, 0.3) is 0 Å². The van der Waals surface area contributed by atoms with Crippen LogP contribution in [-0.4, -0.2) is 24.8 Å². The van der Waals surface area contributed by atoms with E-state index in [9.17, 15) is 9.90 Å². The Kier molecular flexibility index (Phi) is 6.47. The number of aliphatic carboxylic acids is 1. The molecule has 0 bridgehead atoms. The van der Waals surface area contributed by atoms with Gasteiger partial charge in [0.1, 0.15) is 0 Å². The van der Waals surface area contributed by atoms with Gasteiger partial charge in [-0.05, 0) is 31.1 Å². The van der Waals surface area contributed by atoms with Crippen LogP contribution in [0.25, 0.3) is 0 Å². The number of hydrogen-bond donors (Lipinski definition) is 1. The van der Waals surface area contributed by atoms with Gasteiger partial charge in [-0.15, -0.1) is 0 Å². The summed E-state index contributed by atoms with van der Waals surface area (Å²) < 4.78 is 5.17. The third-order valence-corrected chi connectivity index (χ3v) is 4.38. The number of carbonyl (C=O) groups is 1. The van der Waals surface area contributed by atoms with Crippen LogP contribution in [0.3, 0.4) is 0 Å². The van der Waals surface area contributed by atoms with Crippen molar-refractivity contribution in [3.63, 3.8) is 0 Å². The number of methoxy groups -OCH3 is 1. The Labute approximate surface area is 122 Å². The first-order chi connectivity index (χ1) is 9.48. The molecule has 0 aromatic rings. The second-order valence-corrected chi connectivity index (χ2v) is 5.96. The Morgan fingerprint density at radius 3 is 2.70 bits per heavy atom. The van der Waals surface area contributed by atoms with Gasteiger partial charge in [-0.2, -0.15) is 0 Å². The second kappa shape index (κ2) is 7.63. The monoisotopic (exact) mass is 280 g/mol. The minimum atomic E-state index is -0.797. The van der Waals surface area contributed by atoms with E-state index in [1.54, 1.807) is 7.11 Å². The van der Waals surface area contributed by atoms with E-state index >= 15 is 0 Å². The van der Waals surface area contributed by atoms with E-state index in [-0.39, 0.29) is 11.8 Å². The van der Waals surface area contributed by atoms with Crippen LogP contribution in [0.5, 0.6) is 0 Å². The summed E-state index contributed by atoms with van der Waals surface area (Å²) in [6.07, 6.45) is 10.2. The molecule has 0 aliphatic heterocycles. The van der Waals surface area contributed by atoms with E-state index in [1.807, 2.05) is 26.0 Å². The van der Waals surface area contributed by atoms with Crippen LogP contribution in [0.4, 0.5) is 0 Å². The highest BCUT2D eigenvalue weighted by Gasteiger charge is 2.46. The first kappa shape index (κ1) is 17.0. The lowest BCUT2D eigenvalue weighted by Gasteiger charge is -2.39. The SMILES string of the molecule is CCCCC1=CC(CCOC)C(C(=O)O)(C(C)C)C=C1. The van der Waals surface area contributed by atoms with E-state index in [0.29, 0.717) is 6.61 Å². The minimum absolute atomic E-state index is 0.0109. The zero-order valence-corrected chi connectivity index (χ0v) is 13.2. The lowest BCUT2D eigenvalue weighted by molar-refractivity contribution is -0.151. The smallest absolute Gasteiger partial charge is 0.314 e. The molecule has 0 spiro atoms. The normalized spacial score (nSPS) is 25.9. The van der Waals surface area contributed by atoms with Crippen LogP contribution < -0.4 is 0 Å². The van der Waals surface area contributed by atoms with Gasteiger partial charge in [-0.3, -0.25) is 4.79 Å². The molecule has 2 unspecified atom stereocenters. The second-order valence-electron chi connectivity index (χ2n) is 5.96. The molecule has 1 N–H and O–H groups in total. The molecule has 0 heterocycles. The Hall–Kier alpha value is -1.09. The van der Waals surface area contributed by atoms with Gasteiger partial charge in [0.05, 0.1) is 5.41 Å². The molecule has 0 aromatic heterocycles. The zero-order valence-electron chi connectivity index (χ0n) is 13.2. The first-order valence-electron chi connectivity index (χ1n) is 7.61. The third-order valence-electron chi connectivity index (χ3n) is 4.38. The highest BCUT2D eigenvalue weighted by Crippen LogP contribution is 2.44. The van der Waals surface area contributed by atoms with Crippen molar-refractivity contribution in [2.24, 2.45) is 17.3 Å². The van der Waals surface area contributed by atoms with E-state index in [1.165, 1.54) is 5.57 Å². The topological polar surface area (TPSA) is 46.5 Å². The minimum Gasteiger partial charge on any atom is -0.481 e. The van der Waals surface area contributed by atoms with Crippen molar-refractivity contribution in [3.05, 3.63) is 23.8 Å². The Morgan fingerprint density at radius 2 is 2.20 bits per heavy atom. The van der Waals surface area contributed by atoms with E-state index in [4.69, 9.17) is 4.74 Å². The molecule has 1 aliphatic carbocycles. The van der Waals surface area contributed by atoms with E-state index in [2.05, 4.69) is 13.0 Å². The highest BCUT2D eigenvalue weighted by atomic mass is 16.5. The molecule has 1 rings (SSSR count). The maximum Gasteiger partial charge on any atom is 0.314 e. The maximum atomic E-state index is 11.9. The number of hydrogen-bond acceptors (Lipinski definition) is 2. The van der Waals surface area contributed by atoms with Crippen LogP contribution in [0.15, 0.2) is 23.8 Å². The van der Waals surface area contributed by atoms with Gasteiger partial charge in [0, 0.05) is 13.7 Å². The maximum absolute atomic E-state index is 11.9. The molecule has 0 saturated heterocycles. The molecule has 1 aliphatic rings. The predicted octanol–water partition coefficient (Wildman–Crippen LogP) is 4.05. The molecule has 0 radical (unpaired) electrons. The fourth-order valence-corrected chi connectivity index (χ4v) is 3.03. The van der Waals surface area contributed by atoms with Crippen LogP contribution in [-0.2, 0) is 9.53 Å². The Morgan fingerprint density at radius 1 is 1.50 bits per heavy atom. The lowest BCUT2D eigenvalue weighted by atomic mass is 9.63. The molecule has 0 fully saturated rings. The lowest BCUT2D eigenvalue weighted by Crippen LogP contribution is -2.42. The van der Waals surface area contributed by atoms with Gasteiger partial charge in [0.2, 0.25) is 0 Å². The van der Waals surface area contributed by atoms with Gasteiger partial charge in [0.15, 0.2) is 0 Å². The van der Waals surface area contributed by atoms with Crippen LogP contribution in [0, 0.1) is 17.3 Å². The van der Waals surface area contributed by atoms with Crippen molar-refractivity contribution in [1.29, 1.82) is 0 Å². The molecule has 0 saturated carbocycles. The van der Waals surface area contributed by atoms with Gasteiger partial charge < -0.3 is 9.84 Å². The summed E-state index contributed by atoms with van der Waals surface area (Å²) in [6.45, 7) is 6.75. The third kappa shape index (κ3) is 3.51. The average Bonchev–Trinajstić information content (AvgIpc) is 2.42. The Bertz CT molecular complexity index is 382. The number of ether oxygens (including phenoxy) is 1. The summed E-state index contributed by atoms with van der Waals surface area (Å²) in [4.78, 5) is 11.9. The van der Waals surface area contributed by atoms with Crippen molar-refractivity contribution in [2.45, 2.75) is 46.5 Å². The predicted molar refractivity (Wildman–Crippen MR) is 81.6 cm³/mol. The quantitative estimate of drug-likeness (QED) is 0.729. The highest BCUT2D eigenvalue weighted by molar-refractivity contribution is 5.79. The summed E-state index contributed by atoms with van der Waals surface area (Å²) in [7, 11) is 1.66. The summed E-state index contributed by atoms with van der Waals surface area (Å²) in [6, 6.07) is 0. The molecule has 114 valence electrons. The number of carboxylic acid groups (broad SMARTS) is 1. The first-order valence-corrected chi connectivity index (χ1v) is 7.61. The van der Waals surface area contributed by atoms with Crippen molar-refractivity contribution in [3.8, 4) is 0 Å². The van der Waals surface area contributed by atoms with Crippen molar-refractivity contribution in [1.82, 2.24) is 0 Å². The van der Waals surface area contributed by atoms with E-state index in [0.717, 1.165) is 25.7 Å². The van der Waals surface area contributed by atoms with Crippen molar-refractivity contribution < 1.29 is 14.6 Å². The molecule has 3 nitrogen and oxygen atoms in total. The zero-order chi connectivity index (χ0) is 15.2. The largest absolute Gasteiger partial charge is 0.481 e. The molecular weight excluding hydrogens is 252 g/mol. The fraction of sp³-hybridized carbons (Fsp3) is 0.706. The number of unbranched alkanes of at least 4 members (excludes halogenated alkanes) is 1.